The lowest BCUT2D eigenvalue weighted by molar-refractivity contribution is 0.0501. The van der Waals surface area contributed by atoms with Crippen molar-refractivity contribution in [2.75, 3.05) is 13.7 Å². The largest absolute Gasteiger partial charge is 0.381 e. The van der Waals surface area contributed by atoms with Gasteiger partial charge in [0.1, 0.15) is 12.0 Å². The lowest BCUT2D eigenvalue weighted by Crippen LogP contribution is -2.38. The molecule has 1 aliphatic heterocycles. The topological polar surface area (TPSA) is 79.3 Å². The number of aromatic nitrogens is 4. The van der Waals surface area contributed by atoms with Crippen molar-refractivity contribution in [3.05, 3.63) is 35.9 Å². The standard InChI is InChI=1S/C19H24N6O/c1-13-16(7-8-17(23-13)19-21-12-22-24-19)18-11-25(10-9-20-18)14-3-5-15(26-2)6-4-14/h7-9,11-12,14-15H,3-6,10H2,1-2H3,(H,21,22,24)/t14-,15+. The van der Waals surface area contributed by atoms with E-state index < -0.39 is 0 Å². The molecule has 0 spiro atoms. The number of aryl methyl sites for hydroxylation is 1. The van der Waals surface area contributed by atoms with Crippen LogP contribution < -0.4 is 0 Å². The lowest BCUT2D eigenvalue weighted by Gasteiger charge is -2.36. The maximum atomic E-state index is 5.49. The highest BCUT2D eigenvalue weighted by molar-refractivity contribution is 5.78. The summed E-state index contributed by atoms with van der Waals surface area (Å²) in [6.45, 7) is 2.88. The Morgan fingerprint density at radius 3 is 2.73 bits per heavy atom. The second kappa shape index (κ2) is 7.37. The second-order valence-electron chi connectivity index (χ2n) is 6.86. The summed E-state index contributed by atoms with van der Waals surface area (Å²) in [4.78, 5) is 14.7. The molecule has 7 heteroatoms. The Balaban J connectivity index is 1.53. The zero-order valence-corrected chi connectivity index (χ0v) is 15.2. The Morgan fingerprint density at radius 2 is 2.04 bits per heavy atom. The normalized spacial score (nSPS) is 23.2. The molecule has 0 atom stereocenters. The van der Waals surface area contributed by atoms with E-state index in [1.165, 1.54) is 0 Å². The van der Waals surface area contributed by atoms with Crippen molar-refractivity contribution in [2.45, 2.75) is 44.8 Å². The Hall–Kier alpha value is -2.54. The molecule has 0 bridgehead atoms. The van der Waals surface area contributed by atoms with E-state index in [4.69, 9.17) is 4.74 Å². The third-order valence-electron chi connectivity index (χ3n) is 5.28. The smallest absolute Gasteiger partial charge is 0.179 e. The van der Waals surface area contributed by atoms with Crippen LogP contribution >= 0.6 is 0 Å². The molecule has 0 amide bonds. The number of hydrogen-bond donors (Lipinski definition) is 1. The first-order valence-corrected chi connectivity index (χ1v) is 9.12. The van der Waals surface area contributed by atoms with Gasteiger partial charge in [-0.1, -0.05) is 0 Å². The number of H-pyrrole nitrogens is 1. The summed E-state index contributed by atoms with van der Waals surface area (Å²) >= 11 is 0. The molecule has 7 nitrogen and oxygen atoms in total. The molecule has 1 N–H and O–H groups in total. The van der Waals surface area contributed by atoms with Gasteiger partial charge in [-0.25, -0.2) is 4.98 Å². The third-order valence-corrected chi connectivity index (χ3v) is 5.28. The first kappa shape index (κ1) is 16.9. The molecule has 26 heavy (non-hydrogen) atoms. The zero-order valence-electron chi connectivity index (χ0n) is 15.2. The number of nitrogens with zero attached hydrogens (tertiary/aromatic N) is 5. The number of methoxy groups -OCH3 is 1. The minimum atomic E-state index is 0.420. The first-order chi connectivity index (χ1) is 12.7. The molecular weight excluding hydrogens is 328 g/mol. The Bertz CT molecular complexity index is 805. The van der Waals surface area contributed by atoms with Crippen LogP contribution in [0.5, 0.6) is 0 Å². The molecule has 0 saturated heterocycles. The van der Waals surface area contributed by atoms with Gasteiger partial charge in [0.15, 0.2) is 5.82 Å². The highest BCUT2D eigenvalue weighted by Gasteiger charge is 2.25. The van der Waals surface area contributed by atoms with Crippen LogP contribution in [0.2, 0.25) is 0 Å². The maximum absolute atomic E-state index is 5.49. The number of ether oxygens (including phenoxy) is 1. The van der Waals surface area contributed by atoms with Gasteiger partial charge in [0.25, 0.3) is 0 Å². The van der Waals surface area contributed by atoms with Gasteiger partial charge in [-0.05, 0) is 44.7 Å². The highest BCUT2D eigenvalue weighted by atomic mass is 16.5. The summed E-state index contributed by atoms with van der Waals surface area (Å²) in [5.41, 5.74) is 3.75. The summed E-state index contributed by atoms with van der Waals surface area (Å²) in [7, 11) is 1.81. The van der Waals surface area contributed by atoms with Crippen molar-refractivity contribution in [3.63, 3.8) is 0 Å². The van der Waals surface area contributed by atoms with Crippen LogP contribution in [-0.2, 0) is 4.74 Å². The average Bonchev–Trinajstić information content (AvgIpc) is 3.23. The van der Waals surface area contributed by atoms with Crippen LogP contribution in [0, 0.1) is 6.92 Å². The summed E-state index contributed by atoms with van der Waals surface area (Å²) in [5, 5.41) is 7.84. The minimum Gasteiger partial charge on any atom is -0.381 e. The predicted molar refractivity (Wildman–Crippen MR) is 101 cm³/mol. The van der Waals surface area contributed by atoms with E-state index in [-0.39, 0.29) is 0 Å². The quantitative estimate of drug-likeness (QED) is 0.915. The molecule has 0 aromatic carbocycles. The molecule has 2 aromatic heterocycles. The number of rotatable bonds is 4. The van der Waals surface area contributed by atoms with Crippen LogP contribution in [0.15, 0.2) is 29.7 Å². The van der Waals surface area contributed by atoms with Crippen LogP contribution in [0.25, 0.3) is 17.2 Å². The molecule has 2 aromatic rings. The molecular formula is C19H24N6O. The van der Waals surface area contributed by atoms with Gasteiger partial charge in [0.05, 0.1) is 18.3 Å². The number of aliphatic imine (C=N–C) groups is 1. The van der Waals surface area contributed by atoms with Crippen molar-refractivity contribution in [2.24, 2.45) is 4.99 Å². The van der Waals surface area contributed by atoms with Crippen molar-refractivity contribution < 1.29 is 4.74 Å². The minimum absolute atomic E-state index is 0.420. The molecule has 3 heterocycles. The van der Waals surface area contributed by atoms with E-state index in [1.807, 2.05) is 26.3 Å². The fourth-order valence-electron chi connectivity index (χ4n) is 3.78. The summed E-state index contributed by atoms with van der Waals surface area (Å²) < 4.78 is 5.49. The van der Waals surface area contributed by atoms with Gasteiger partial charge >= 0.3 is 0 Å². The number of pyridine rings is 1. The van der Waals surface area contributed by atoms with E-state index in [2.05, 4.69) is 42.3 Å². The molecule has 1 saturated carbocycles. The predicted octanol–water partition coefficient (Wildman–Crippen LogP) is 2.82. The monoisotopic (exact) mass is 352 g/mol. The summed E-state index contributed by atoms with van der Waals surface area (Å²) in [6.07, 6.45) is 10.8. The van der Waals surface area contributed by atoms with Gasteiger partial charge in [-0.15, -0.1) is 10.2 Å². The Labute approximate surface area is 153 Å². The molecule has 1 fully saturated rings. The zero-order chi connectivity index (χ0) is 17.9. The molecule has 2 aliphatic rings. The SMILES string of the molecule is CO[C@H]1CC[C@@H](N2C=C(c3ccc(-c4nnc[nH]4)nc3C)N=CC2)CC1. The van der Waals surface area contributed by atoms with Crippen molar-refractivity contribution in [1.82, 2.24) is 25.1 Å². The number of nitrogens with one attached hydrogen (secondary N) is 1. The molecule has 0 radical (unpaired) electrons. The van der Waals surface area contributed by atoms with Gasteiger partial charge in [0.2, 0.25) is 0 Å². The first-order valence-electron chi connectivity index (χ1n) is 9.12. The van der Waals surface area contributed by atoms with E-state index >= 15 is 0 Å². The van der Waals surface area contributed by atoms with E-state index in [0.29, 0.717) is 18.0 Å². The van der Waals surface area contributed by atoms with Crippen molar-refractivity contribution in [1.29, 1.82) is 0 Å². The lowest BCUT2D eigenvalue weighted by atomic mass is 9.91. The Kier molecular flexibility index (Phi) is 4.79. The van der Waals surface area contributed by atoms with E-state index in [9.17, 15) is 0 Å². The Morgan fingerprint density at radius 1 is 1.19 bits per heavy atom. The van der Waals surface area contributed by atoms with Crippen LogP contribution in [0.4, 0.5) is 0 Å². The van der Waals surface area contributed by atoms with E-state index in [1.54, 1.807) is 6.33 Å². The number of hydrogen-bond acceptors (Lipinski definition) is 6. The summed E-state index contributed by atoms with van der Waals surface area (Å²) in [6, 6.07) is 4.58. The highest BCUT2D eigenvalue weighted by Crippen LogP contribution is 2.29. The van der Waals surface area contributed by atoms with Crippen LogP contribution in [0.3, 0.4) is 0 Å². The third kappa shape index (κ3) is 3.39. The average molecular weight is 352 g/mol. The van der Waals surface area contributed by atoms with Gasteiger partial charge in [-0.2, -0.15) is 0 Å². The van der Waals surface area contributed by atoms with Crippen LogP contribution in [0.1, 0.15) is 36.9 Å². The van der Waals surface area contributed by atoms with Crippen LogP contribution in [-0.4, -0.2) is 57.1 Å². The van der Waals surface area contributed by atoms with E-state index in [0.717, 1.165) is 54.9 Å². The molecule has 1 aliphatic carbocycles. The molecule has 136 valence electrons. The van der Waals surface area contributed by atoms with Gasteiger partial charge in [0, 0.05) is 36.8 Å². The number of aromatic amines is 1. The fraction of sp³-hybridized carbons (Fsp3) is 0.474. The second-order valence-corrected chi connectivity index (χ2v) is 6.86. The fourth-order valence-corrected chi connectivity index (χ4v) is 3.78. The summed E-state index contributed by atoms with van der Waals surface area (Å²) in [5.74, 6) is 0.678. The van der Waals surface area contributed by atoms with Crippen molar-refractivity contribution >= 4 is 11.9 Å². The molecule has 4 rings (SSSR count). The molecule has 0 unspecified atom stereocenters. The van der Waals surface area contributed by atoms with Gasteiger partial charge < -0.3 is 14.6 Å². The maximum Gasteiger partial charge on any atom is 0.179 e. The van der Waals surface area contributed by atoms with Gasteiger partial charge in [-0.3, -0.25) is 4.99 Å². The van der Waals surface area contributed by atoms with Crippen molar-refractivity contribution in [3.8, 4) is 11.5 Å².